The van der Waals surface area contributed by atoms with E-state index < -0.39 is 11.6 Å². The lowest BCUT2D eigenvalue weighted by atomic mass is 9.57. The monoisotopic (exact) mass is 258 g/mol. The summed E-state index contributed by atoms with van der Waals surface area (Å²) in [5, 5.41) is 0. The van der Waals surface area contributed by atoms with E-state index in [1.165, 1.54) is 26.2 Å². The maximum atomic E-state index is 13.6. The summed E-state index contributed by atoms with van der Waals surface area (Å²) >= 11 is 0. The fourth-order valence-corrected chi connectivity index (χ4v) is 6.65. The number of halogens is 3. The van der Waals surface area contributed by atoms with Crippen LogP contribution in [0.5, 0.6) is 0 Å². The van der Waals surface area contributed by atoms with Gasteiger partial charge in [-0.1, -0.05) is 13.8 Å². The van der Waals surface area contributed by atoms with Crippen molar-refractivity contribution in [1.82, 2.24) is 0 Å². The molecule has 4 aliphatic carbocycles. The fraction of sp³-hybridized carbons (Fsp3) is 1.00. The van der Waals surface area contributed by atoms with Gasteiger partial charge in [0.05, 0.1) is 5.41 Å². The standard InChI is InChI=1S/C15H21F3/c1-7-10-6-11(14(7,2)15(16,17)18)13-9-4-3-8(5-9)12(10)13/h7-13H,3-6H2,1-2H3. The molecule has 0 N–H and O–H groups in total. The van der Waals surface area contributed by atoms with E-state index in [4.69, 9.17) is 0 Å². The Morgan fingerprint density at radius 3 is 2.22 bits per heavy atom. The van der Waals surface area contributed by atoms with Crippen molar-refractivity contribution < 1.29 is 13.2 Å². The van der Waals surface area contributed by atoms with E-state index in [0.29, 0.717) is 23.7 Å². The van der Waals surface area contributed by atoms with Crippen LogP contribution in [0.1, 0.15) is 39.5 Å². The Balaban J connectivity index is 1.76. The third-order valence-electron chi connectivity index (χ3n) is 7.50. The molecular formula is C15H21F3. The molecule has 0 heterocycles. The van der Waals surface area contributed by atoms with Crippen LogP contribution in [0.15, 0.2) is 0 Å². The lowest BCUT2D eigenvalue weighted by Crippen LogP contribution is -2.51. The van der Waals surface area contributed by atoms with E-state index in [2.05, 4.69) is 0 Å². The molecule has 0 nitrogen and oxygen atoms in total. The van der Waals surface area contributed by atoms with Crippen LogP contribution in [-0.2, 0) is 0 Å². The molecule has 4 rings (SSSR count). The van der Waals surface area contributed by atoms with Gasteiger partial charge in [-0.15, -0.1) is 0 Å². The van der Waals surface area contributed by atoms with Gasteiger partial charge in [-0.2, -0.15) is 13.2 Å². The summed E-state index contributed by atoms with van der Waals surface area (Å²) in [5.41, 5.74) is -1.40. The first kappa shape index (κ1) is 11.6. The summed E-state index contributed by atoms with van der Waals surface area (Å²) in [6, 6.07) is 0. The van der Waals surface area contributed by atoms with E-state index in [9.17, 15) is 13.2 Å². The highest BCUT2D eigenvalue weighted by Gasteiger charge is 2.74. The van der Waals surface area contributed by atoms with Gasteiger partial charge < -0.3 is 0 Å². The van der Waals surface area contributed by atoms with E-state index in [0.717, 1.165) is 12.3 Å². The Labute approximate surface area is 106 Å². The molecule has 0 aliphatic heterocycles. The number of alkyl halides is 3. The van der Waals surface area contributed by atoms with Crippen molar-refractivity contribution in [2.45, 2.75) is 45.7 Å². The van der Waals surface area contributed by atoms with Gasteiger partial charge in [0.15, 0.2) is 0 Å². The van der Waals surface area contributed by atoms with Gasteiger partial charge in [-0.25, -0.2) is 0 Å². The van der Waals surface area contributed by atoms with E-state index in [1.54, 1.807) is 0 Å². The second-order valence-corrected chi connectivity index (χ2v) is 7.56. The molecule has 8 unspecified atom stereocenters. The Morgan fingerprint density at radius 2 is 1.61 bits per heavy atom. The van der Waals surface area contributed by atoms with Gasteiger partial charge in [-0.05, 0) is 67.1 Å². The predicted octanol–water partition coefficient (Wildman–Crippen LogP) is 4.50. The van der Waals surface area contributed by atoms with Crippen LogP contribution in [0.4, 0.5) is 13.2 Å². The van der Waals surface area contributed by atoms with Crippen LogP contribution >= 0.6 is 0 Å². The number of rotatable bonds is 0. The highest BCUT2D eigenvalue weighted by Crippen LogP contribution is 2.76. The minimum absolute atomic E-state index is 0.0715. The van der Waals surface area contributed by atoms with Crippen molar-refractivity contribution in [1.29, 1.82) is 0 Å². The minimum atomic E-state index is -4.02. The highest BCUT2D eigenvalue weighted by molar-refractivity contribution is 5.17. The molecule has 0 aromatic carbocycles. The molecule has 0 radical (unpaired) electrons. The van der Waals surface area contributed by atoms with Gasteiger partial charge in [0.2, 0.25) is 0 Å². The molecule has 18 heavy (non-hydrogen) atoms. The average molecular weight is 258 g/mol. The van der Waals surface area contributed by atoms with E-state index in [-0.39, 0.29) is 11.8 Å². The van der Waals surface area contributed by atoms with Crippen molar-refractivity contribution in [3.63, 3.8) is 0 Å². The Hall–Kier alpha value is -0.210. The molecular weight excluding hydrogens is 237 g/mol. The second-order valence-electron chi connectivity index (χ2n) is 7.56. The minimum Gasteiger partial charge on any atom is -0.170 e. The molecule has 0 amide bonds. The van der Waals surface area contributed by atoms with Crippen LogP contribution in [0.25, 0.3) is 0 Å². The van der Waals surface area contributed by atoms with Crippen molar-refractivity contribution in [3.8, 4) is 0 Å². The summed E-state index contributed by atoms with van der Waals surface area (Å²) in [7, 11) is 0. The normalized spacial score (nSPS) is 61.5. The zero-order valence-electron chi connectivity index (χ0n) is 11.0. The van der Waals surface area contributed by atoms with Crippen molar-refractivity contribution >= 4 is 0 Å². The SMILES string of the molecule is CC1C2CC(C3C4CCC(C4)C23)C1(C)C(F)(F)F. The molecule has 3 heteroatoms. The molecule has 8 atom stereocenters. The zero-order chi connectivity index (χ0) is 12.9. The quantitative estimate of drug-likeness (QED) is 0.561. The molecule has 0 spiro atoms. The van der Waals surface area contributed by atoms with Crippen molar-refractivity contribution in [3.05, 3.63) is 0 Å². The maximum absolute atomic E-state index is 13.6. The zero-order valence-corrected chi connectivity index (χ0v) is 11.0. The van der Waals surface area contributed by atoms with Crippen LogP contribution in [0, 0.1) is 46.8 Å². The smallest absolute Gasteiger partial charge is 0.170 e. The molecule has 102 valence electrons. The van der Waals surface area contributed by atoms with Gasteiger partial charge >= 0.3 is 6.18 Å². The lowest BCUT2D eigenvalue weighted by Gasteiger charge is -2.49. The van der Waals surface area contributed by atoms with Crippen LogP contribution < -0.4 is 0 Å². The van der Waals surface area contributed by atoms with E-state index in [1.807, 2.05) is 6.92 Å². The summed E-state index contributed by atoms with van der Waals surface area (Å²) in [6.45, 7) is 3.39. The van der Waals surface area contributed by atoms with Crippen LogP contribution in [0.2, 0.25) is 0 Å². The van der Waals surface area contributed by atoms with Crippen LogP contribution in [-0.4, -0.2) is 6.18 Å². The molecule has 4 aliphatic rings. The van der Waals surface area contributed by atoms with Gasteiger partial charge in [0.25, 0.3) is 0 Å². The predicted molar refractivity (Wildman–Crippen MR) is 62.7 cm³/mol. The first-order chi connectivity index (χ1) is 8.35. The van der Waals surface area contributed by atoms with Gasteiger partial charge in [-0.3, -0.25) is 0 Å². The fourth-order valence-electron chi connectivity index (χ4n) is 6.65. The average Bonchev–Trinajstić information content (AvgIpc) is 2.97. The Bertz CT molecular complexity index is 388. The summed E-state index contributed by atoms with van der Waals surface area (Å²) < 4.78 is 40.7. The Kier molecular flexibility index (Phi) is 1.99. The largest absolute Gasteiger partial charge is 0.394 e. The summed E-state index contributed by atoms with van der Waals surface area (Å²) in [5.74, 6) is 2.60. The molecule has 0 saturated heterocycles. The summed E-state index contributed by atoms with van der Waals surface area (Å²) in [4.78, 5) is 0. The molecule has 0 aromatic heterocycles. The number of fused-ring (bicyclic) bond motifs is 9. The first-order valence-electron chi connectivity index (χ1n) is 7.42. The van der Waals surface area contributed by atoms with Crippen molar-refractivity contribution in [2.75, 3.05) is 0 Å². The van der Waals surface area contributed by atoms with E-state index >= 15 is 0 Å². The van der Waals surface area contributed by atoms with Crippen molar-refractivity contribution in [2.24, 2.45) is 46.8 Å². The molecule has 4 fully saturated rings. The number of hydrogen-bond acceptors (Lipinski definition) is 0. The third kappa shape index (κ3) is 1.03. The molecule has 4 saturated carbocycles. The topological polar surface area (TPSA) is 0 Å². The third-order valence-corrected chi connectivity index (χ3v) is 7.50. The lowest BCUT2D eigenvalue weighted by molar-refractivity contribution is -0.261. The maximum Gasteiger partial charge on any atom is 0.394 e. The summed E-state index contributed by atoms with van der Waals surface area (Å²) in [6.07, 6.45) is 0.586. The molecule has 4 bridgehead atoms. The van der Waals surface area contributed by atoms with Gasteiger partial charge in [0.1, 0.15) is 0 Å². The second kappa shape index (κ2) is 3.09. The first-order valence-corrected chi connectivity index (χ1v) is 7.42. The van der Waals surface area contributed by atoms with Gasteiger partial charge in [0, 0.05) is 0 Å². The van der Waals surface area contributed by atoms with Crippen LogP contribution in [0.3, 0.4) is 0 Å². The molecule has 0 aromatic rings. The number of hydrogen-bond donors (Lipinski definition) is 0. The Morgan fingerprint density at radius 1 is 1.00 bits per heavy atom. The highest BCUT2D eigenvalue weighted by atomic mass is 19.4.